The van der Waals surface area contributed by atoms with Crippen LogP contribution in [0.5, 0.6) is 0 Å². The molecule has 160 valence electrons. The summed E-state index contributed by atoms with van der Waals surface area (Å²) in [6, 6.07) is 11.8. The highest BCUT2D eigenvalue weighted by molar-refractivity contribution is 14.0. The van der Waals surface area contributed by atoms with Crippen LogP contribution < -0.4 is 10.6 Å². The second kappa shape index (κ2) is 12.8. The van der Waals surface area contributed by atoms with Crippen LogP contribution >= 0.6 is 24.0 Å². The molecule has 29 heavy (non-hydrogen) atoms. The monoisotopic (exact) mass is 511 g/mol. The summed E-state index contributed by atoms with van der Waals surface area (Å²) in [6.45, 7) is 6.42. The number of hydrogen-bond acceptors (Lipinski definition) is 4. The maximum Gasteiger partial charge on any atom is 0.191 e. The zero-order chi connectivity index (χ0) is 19.6. The SMILES string of the molecule is CN=C(NCCCCn1cnnc1)NC1CCN(C(C)c2ccccc2)CC1.I. The van der Waals surface area contributed by atoms with Crippen LogP contribution in [0.3, 0.4) is 0 Å². The van der Waals surface area contributed by atoms with E-state index in [1.54, 1.807) is 12.7 Å². The molecule has 2 N–H and O–H groups in total. The van der Waals surface area contributed by atoms with Gasteiger partial charge in [0.05, 0.1) is 0 Å². The summed E-state index contributed by atoms with van der Waals surface area (Å²) < 4.78 is 2.01. The Labute approximate surface area is 191 Å². The van der Waals surface area contributed by atoms with Gasteiger partial charge in [0.1, 0.15) is 12.7 Å². The van der Waals surface area contributed by atoms with E-state index in [-0.39, 0.29) is 24.0 Å². The molecule has 1 aromatic heterocycles. The Bertz CT molecular complexity index is 697. The molecule has 0 bridgehead atoms. The van der Waals surface area contributed by atoms with E-state index in [0.29, 0.717) is 12.1 Å². The number of hydrogen-bond donors (Lipinski definition) is 2. The van der Waals surface area contributed by atoms with Gasteiger partial charge >= 0.3 is 0 Å². The molecule has 1 aromatic carbocycles. The topological polar surface area (TPSA) is 70.4 Å². The third-order valence-electron chi connectivity index (χ3n) is 5.53. The summed E-state index contributed by atoms with van der Waals surface area (Å²) in [5, 5.41) is 14.7. The maximum absolute atomic E-state index is 4.39. The summed E-state index contributed by atoms with van der Waals surface area (Å²) in [4.78, 5) is 6.97. The minimum Gasteiger partial charge on any atom is -0.356 e. The third-order valence-corrected chi connectivity index (χ3v) is 5.53. The average molecular weight is 511 g/mol. The Hall–Kier alpha value is -1.68. The number of likely N-dealkylation sites (tertiary alicyclic amines) is 1. The van der Waals surface area contributed by atoms with Crippen molar-refractivity contribution in [1.82, 2.24) is 30.3 Å². The van der Waals surface area contributed by atoms with Gasteiger partial charge in [-0.3, -0.25) is 9.89 Å². The minimum atomic E-state index is 0. The van der Waals surface area contributed by atoms with E-state index in [2.05, 4.69) is 68.0 Å². The number of piperidine rings is 1. The number of benzene rings is 1. The van der Waals surface area contributed by atoms with Gasteiger partial charge < -0.3 is 15.2 Å². The van der Waals surface area contributed by atoms with Crippen molar-refractivity contribution in [3.63, 3.8) is 0 Å². The van der Waals surface area contributed by atoms with E-state index < -0.39 is 0 Å². The fourth-order valence-corrected chi connectivity index (χ4v) is 3.73. The molecule has 1 atom stereocenters. The van der Waals surface area contributed by atoms with Crippen molar-refractivity contribution in [2.24, 2.45) is 4.99 Å². The highest BCUT2D eigenvalue weighted by Gasteiger charge is 2.23. The zero-order valence-corrected chi connectivity index (χ0v) is 19.8. The van der Waals surface area contributed by atoms with E-state index >= 15 is 0 Å². The van der Waals surface area contributed by atoms with E-state index in [1.807, 2.05) is 11.6 Å². The van der Waals surface area contributed by atoms with Crippen molar-refractivity contribution in [2.75, 3.05) is 26.7 Å². The number of rotatable bonds is 8. The standard InChI is InChI=1S/C21H33N7.HI/c1-18(19-8-4-3-5-9-19)28-14-10-20(11-15-28)26-21(22-2)23-12-6-7-13-27-16-24-25-17-27;/h3-5,8-9,16-18,20H,6-7,10-15H2,1-2H3,(H2,22,23,26);1H. The first-order valence-electron chi connectivity index (χ1n) is 10.3. The molecular formula is C21H34IN7. The van der Waals surface area contributed by atoms with Gasteiger partial charge in [0.15, 0.2) is 5.96 Å². The number of guanidine groups is 1. The second-order valence-electron chi connectivity index (χ2n) is 7.45. The van der Waals surface area contributed by atoms with Gasteiger partial charge in [-0.25, -0.2) is 0 Å². The molecule has 7 nitrogen and oxygen atoms in total. The van der Waals surface area contributed by atoms with Crippen LogP contribution in [0.4, 0.5) is 0 Å². The van der Waals surface area contributed by atoms with Gasteiger partial charge in [-0.15, -0.1) is 34.2 Å². The van der Waals surface area contributed by atoms with Crippen molar-refractivity contribution >= 4 is 29.9 Å². The second-order valence-corrected chi connectivity index (χ2v) is 7.45. The Balaban J connectivity index is 0.00000300. The fraction of sp³-hybridized carbons (Fsp3) is 0.571. The predicted octanol–water partition coefficient (Wildman–Crippen LogP) is 3.07. The number of aryl methyl sites for hydroxylation is 1. The molecule has 2 heterocycles. The molecule has 0 spiro atoms. The van der Waals surface area contributed by atoms with Gasteiger partial charge in [0.25, 0.3) is 0 Å². The van der Waals surface area contributed by atoms with E-state index in [1.165, 1.54) is 5.56 Å². The molecule has 3 rings (SSSR count). The summed E-state index contributed by atoms with van der Waals surface area (Å²) in [5.41, 5.74) is 1.40. The lowest BCUT2D eigenvalue weighted by Gasteiger charge is -2.37. The van der Waals surface area contributed by atoms with Gasteiger partial charge in [-0.1, -0.05) is 30.3 Å². The zero-order valence-electron chi connectivity index (χ0n) is 17.5. The molecule has 8 heteroatoms. The smallest absolute Gasteiger partial charge is 0.191 e. The fourth-order valence-electron chi connectivity index (χ4n) is 3.73. The molecule has 0 radical (unpaired) electrons. The number of nitrogens with one attached hydrogen (secondary N) is 2. The first-order valence-corrected chi connectivity index (χ1v) is 10.3. The Morgan fingerprint density at radius 2 is 1.83 bits per heavy atom. The lowest BCUT2D eigenvalue weighted by Crippen LogP contribution is -2.49. The van der Waals surface area contributed by atoms with E-state index in [4.69, 9.17) is 0 Å². The molecular weight excluding hydrogens is 477 g/mol. The summed E-state index contributed by atoms with van der Waals surface area (Å²) in [7, 11) is 1.85. The molecule has 1 aliphatic rings. The van der Waals surface area contributed by atoms with Gasteiger partial charge in [0.2, 0.25) is 0 Å². The van der Waals surface area contributed by atoms with Crippen LogP contribution in [0.25, 0.3) is 0 Å². The van der Waals surface area contributed by atoms with Crippen LogP contribution in [0.2, 0.25) is 0 Å². The van der Waals surface area contributed by atoms with Gasteiger partial charge in [-0.05, 0) is 38.2 Å². The van der Waals surface area contributed by atoms with Gasteiger partial charge in [0, 0.05) is 45.3 Å². The lowest BCUT2D eigenvalue weighted by atomic mass is 10.0. The van der Waals surface area contributed by atoms with Crippen LogP contribution in [0.1, 0.15) is 44.2 Å². The molecule has 1 unspecified atom stereocenters. The molecule has 0 amide bonds. The van der Waals surface area contributed by atoms with Crippen LogP contribution in [0, 0.1) is 0 Å². The quantitative estimate of drug-likeness (QED) is 0.247. The Kier molecular flexibility index (Phi) is 10.4. The number of aromatic nitrogens is 3. The van der Waals surface area contributed by atoms with Crippen molar-refractivity contribution in [3.05, 3.63) is 48.5 Å². The lowest BCUT2D eigenvalue weighted by molar-refractivity contribution is 0.158. The molecule has 0 saturated carbocycles. The molecule has 2 aromatic rings. The third kappa shape index (κ3) is 7.58. The van der Waals surface area contributed by atoms with Crippen LogP contribution in [0.15, 0.2) is 48.0 Å². The van der Waals surface area contributed by atoms with Crippen LogP contribution in [-0.4, -0.2) is 58.3 Å². The first kappa shape index (κ1) is 23.6. The summed E-state index contributed by atoms with van der Waals surface area (Å²) >= 11 is 0. The predicted molar refractivity (Wildman–Crippen MR) is 129 cm³/mol. The molecule has 1 fully saturated rings. The highest BCUT2D eigenvalue weighted by atomic mass is 127. The Morgan fingerprint density at radius 3 is 2.48 bits per heavy atom. The minimum absolute atomic E-state index is 0. The normalized spacial score (nSPS) is 16.8. The van der Waals surface area contributed by atoms with Gasteiger partial charge in [-0.2, -0.15) is 0 Å². The highest BCUT2D eigenvalue weighted by Crippen LogP contribution is 2.23. The van der Waals surface area contributed by atoms with Crippen LogP contribution in [-0.2, 0) is 6.54 Å². The number of nitrogens with zero attached hydrogens (tertiary/aromatic N) is 5. The first-order chi connectivity index (χ1) is 13.8. The van der Waals surface area contributed by atoms with Crippen molar-refractivity contribution in [2.45, 2.75) is 51.2 Å². The van der Waals surface area contributed by atoms with Crippen molar-refractivity contribution in [3.8, 4) is 0 Å². The summed E-state index contributed by atoms with van der Waals surface area (Å²) in [6.07, 6.45) is 8.00. The average Bonchev–Trinajstić information content (AvgIpc) is 3.27. The number of aliphatic imine (C=N–C) groups is 1. The number of halogens is 1. The number of unbranched alkanes of at least 4 members (excludes halogenated alkanes) is 1. The molecule has 0 aliphatic carbocycles. The van der Waals surface area contributed by atoms with E-state index in [0.717, 1.165) is 57.8 Å². The molecule has 1 saturated heterocycles. The summed E-state index contributed by atoms with van der Waals surface area (Å²) in [5.74, 6) is 0.916. The maximum atomic E-state index is 4.39. The molecule has 1 aliphatic heterocycles. The Morgan fingerprint density at radius 1 is 1.14 bits per heavy atom. The van der Waals surface area contributed by atoms with Crippen molar-refractivity contribution in [1.29, 1.82) is 0 Å². The van der Waals surface area contributed by atoms with Crippen molar-refractivity contribution < 1.29 is 0 Å². The largest absolute Gasteiger partial charge is 0.356 e. The van der Waals surface area contributed by atoms with E-state index in [9.17, 15) is 0 Å².